The van der Waals surface area contributed by atoms with Gasteiger partial charge < -0.3 is 9.80 Å². The summed E-state index contributed by atoms with van der Waals surface area (Å²) >= 11 is 0. The Morgan fingerprint density at radius 3 is 2.47 bits per heavy atom. The van der Waals surface area contributed by atoms with Gasteiger partial charge in [0.05, 0.1) is 0 Å². The molecule has 0 N–H and O–H groups in total. The number of anilines is 1. The van der Waals surface area contributed by atoms with Crippen LogP contribution in [0.2, 0.25) is 0 Å². The van der Waals surface area contributed by atoms with Gasteiger partial charge in [-0.05, 0) is 70.9 Å². The second-order valence-corrected chi connectivity index (χ2v) is 12.0. The van der Waals surface area contributed by atoms with Crippen LogP contribution in [-0.2, 0) is 14.8 Å². The molecule has 2 aliphatic heterocycles. The van der Waals surface area contributed by atoms with Gasteiger partial charge in [0, 0.05) is 50.8 Å². The third kappa shape index (κ3) is 4.94. The maximum atomic E-state index is 13.9. The molecular formula is C24H36F2N4O3S. The summed E-state index contributed by atoms with van der Waals surface area (Å²) in [7, 11) is -2.36. The van der Waals surface area contributed by atoms with Crippen LogP contribution in [-0.4, -0.2) is 72.7 Å². The lowest BCUT2D eigenvalue weighted by Crippen LogP contribution is -2.51. The van der Waals surface area contributed by atoms with Crippen molar-refractivity contribution in [2.45, 2.75) is 101 Å². The number of sulfonamides is 1. The highest BCUT2D eigenvalue weighted by atomic mass is 32.2. The molecule has 34 heavy (non-hydrogen) atoms. The van der Waals surface area contributed by atoms with E-state index < -0.39 is 22.0 Å². The lowest BCUT2D eigenvalue weighted by atomic mass is 9.91. The molecule has 2 saturated heterocycles. The van der Waals surface area contributed by atoms with Crippen molar-refractivity contribution in [2.75, 3.05) is 25.0 Å². The van der Waals surface area contributed by atoms with E-state index in [1.165, 1.54) is 9.21 Å². The molecule has 0 radical (unpaired) electrons. The van der Waals surface area contributed by atoms with Gasteiger partial charge in [-0.25, -0.2) is 22.2 Å². The number of aryl methyl sites for hydroxylation is 1. The standard InChI is InChI=1S/C24H36F2N4O3S/c1-17-9-10-21(22(27-17)29-15-5-4-7-18(29)2)34(32,33)30-16-6-8-20(30)23(31)28(3)19-11-13-24(25,26)14-12-19/h9-10,18-20H,4-8,11-16H2,1-3H3/t18-,20-/m0/s1. The number of pyridine rings is 1. The summed E-state index contributed by atoms with van der Waals surface area (Å²) in [5.41, 5.74) is 0.745. The summed E-state index contributed by atoms with van der Waals surface area (Å²) in [6.07, 6.45) is 4.05. The predicted molar refractivity (Wildman–Crippen MR) is 127 cm³/mol. The molecule has 4 rings (SSSR count). The SMILES string of the molecule is Cc1ccc(S(=O)(=O)N2CCC[C@H]2C(=O)N(C)C2CCC(F)(F)CC2)c(N2CCCC[C@@H]2C)n1. The normalized spacial score (nSPS) is 26.6. The summed E-state index contributed by atoms with van der Waals surface area (Å²) in [4.78, 5) is 21.8. The second kappa shape index (κ2) is 9.68. The van der Waals surface area contributed by atoms with Crippen molar-refractivity contribution in [1.82, 2.24) is 14.2 Å². The Bertz CT molecular complexity index is 1010. The van der Waals surface area contributed by atoms with Crippen LogP contribution in [0, 0.1) is 6.92 Å². The van der Waals surface area contributed by atoms with Crippen LogP contribution in [0.5, 0.6) is 0 Å². The quantitative estimate of drug-likeness (QED) is 0.615. The van der Waals surface area contributed by atoms with E-state index in [1.807, 2.05) is 6.92 Å². The number of aromatic nitrogens is 1. The molecule has 0 bridgehead atoms. The number of hydrogen-bond acceptors (Lipinski definition) is 5. The van der Waals surface area contributed by atoms with Crippen LogP contribution in [0.4, 0.5) is 14.6 Å². The smallest absolute Gasteiger partial charge is 0.248 e. The molecule has 0 aromatic carbocycles. The van der Waals surface area contributed by atoms with E-state index in [2.05, 4.69) is 16.8 Å². The van der Waals surface area contributed by atoms with Crippen molar-refractivity contribution in [2.24, 2.45) is 0 Å². The fourth-order valence-electron chi connectivity index (χ4n) is 5.58. The molecule has 3 heterocycles. The van der Waals surface area contributed by atoms with Crippen molar-refractivity contribution in [3.05, 3.63) is 17.8 Å². The monoisotopic (exact) mass is 498 g/mol. The molecule has 0 unspecified atom stereocenters. The van der Waals surface area contributed by atoms with Crippen LogP contribution >= 0.6 is 0 Å². The zero-order chi connectivity index (χ0) is 24.7. The first-order valence-corrected chi connectivity index (χ1v) is 13.9. The number of alkyl halides is 2. The van der Waals surface area contributed by atoms with Gasteiger partial charge in [-0.3, -0.25) is 4.79 Å². The fourth-order valence-corrected chi connectivity index (χ4v) is 7.36. The maximum absolute atomic E-state index is 13.9. The van der Waals surface area contributed by atoms with Crippen LogP contribution in [0.15, 0.2) is 17.0 Å². The van der Waals surface area contributed by atoms with Crippen LogP contribution in [0.1, 0.15) is 70.4 Å². The largest absolute Gasteiger partial charge is 0.353 e. The number of amides is 1. The van der Waals surface area contributed by atoms with E-state index >= 15 is 0 Å². The molecule has 1 aromatic heterocycles. The number of nitrogens with zero attached hydrogens (tertiary/aromatic N) is 4. The van der Waals surface area contributed by atoms with E-state index in [0.717, 1.165) is 31.5 Å². The van der Waals surface area contributed by atoms with Gasteiger partial charge in [-0.1, -0.05) is 0 Å². The molecule has 2 atom stereocenters. The Kier molecular flexibility index (Phi) is 7.20. The first-order valence-electron chi connectivity index (χ1n) is 12.4. The van der Waals surface area contributed by atoms with E-state index in [9.17, 15) is 22.0 Å². The molecule has 1 aliphatic carbocycles. The number of carbonyl (C=O) groups excluding carboxylic acids is 1. The molecule has 0 spiro atoms. The zero-order valence-corrected chi connectivity index (χ0v) is 21.2. The minimum absolute atomic E-state index is 0.145. The molecule has 7 nitrogen and oxygen atoms in total. The number of halogens is 2. The van der Waals surface area contributed by atoms with E-state index in [4.69, 9.17) is 0 Å². The minimum atomic E-state index is -3.97. The van der Waals surface area contributed by atoms with Crippen LogP contribution < -0.4 is 4.90 Å². The Labute approximate surface area is 201 Å². The number of hydrogen-bond donors (Lipinski definition) is 0. The van der Waals surface area contributed by atoms with Gasteiger partial charge in [0.1, 0.15) is 16.8 Å². The molecule has 190 valence electrons. The average Bonchev–Trinajstić information content (AvgIpc) is 3.29. The molecule has 1 aromatic rings. The van der Waals surface area contributed by atoms with Gasteiger partial charge >= 0.3 is 0 Å². The first kappa shape index (κ1) is 25.3. The number of likely N-dealkylation sites (N-methyl/N-ethyl adjacent to an activating group) is 1. The fraction of sp³-hybridized carbons (Fsp3) is 0.750. The van der Waals surface area contributed by atoms with Crippen molar-refractivity contribution in [1.29, 1.82) is 0 Å². The maximum Gasteiger partial charge on any atom is 0.248 e. The summed E-state index contributed by atoms with van der Waals surface area (Å²) < 4.78 is 56.3. The van der Waals surface area contributed by atoms with E-state index in [-0.39, 0.29) is 55.1 Å². The summed E-state index contributed by atoms with van der Waals surface area (Å²) in [5, 5.41) is 0. The Balaban J connectivity index is 1.59. The van der Waals surface area contributed by atoms with E-state index in [1.54, 1.807) is 19.2 Å². The molecule has 3 fully saturated rings. The lowest BCUT2D eigenvalue weighted by Gasteiger charge is -2.38. The minimum Gasteiger partial charge on any atom is -0.353 e. The number of piperidine rings is 1. The Morgan fingerprint density at radius 1 is 1.09 bits per heavy atom. The lowest BCUT2D eigenvalue weighted by molar-refractivity contribution is -0.138. The molecular weight excluding hydrogens is 462 g/mol. The molecule has 1 saturated carbocycles. The Hall–Kier alpha value is -1.81. The van der Waals surface area contributed by atoms with Crippen LogP contribution in [0.3, 0.4) is 0 Å². The first-order chi connectivity index (χ1) is 16.0. The van der Waals surface area contributed by atoms with Crippen molar-refractivity contribution in [3.8, 4) is 0 Å². The van der Waals surface area contributed by atoms with Gasteiger partial charge in [0.2, 0.25) is 21.9 Å². The van der Waals surface area contributed by atoms with Crippen molar-refractivity contribution in [3.63, 3.8) is 0 Å². The number of rotatable bonds is 5. The molecule has 10 heteroatoms. The molecule has 1 amide bonds. The topological polar surface area (TPSA) is 73.8 Å². The molecule has 3 aliphatic rings. The highest BCUT2D eigenvalue weighted by molar-refractivity contribution is 7.89. The second-order valence-electron chi connectivity index (χ2n) is 10.1. The average molecular weight is 499 g/mol. The highest BCUT2D eigenvalue weighted by Gasteiger charge is 2.44. The van der Waals surface area contributed by atoms with Gasteiger partial charge in [-0.2, -0.15) is 4.31 Å². The Morgan fingerprint density at radius 2 is 1.79 bits per heavy atom. The highest BCUT2D eigenvalue weighted by Crippen LogP contribution is 2.37. The van der Waals surface area contributed by atoms with Gasteiger partial charge in [0.15, 0.2) is 0 Å². The zero-order valence-electron chi connectivity index (χ0n) is 20.3. The number of carbonyl (C=O) groups is 1. The van der Waals surface area contributed by atoms with Crippen molar-refractivity contribution < 1.29 is 22.0 Å². The van der Waals surface area contributed by atoms with Gasteiger partial charge in [-0.15, -0.1) is 0 Å². The van der Waals surface area contributed by atoms with Crippen molar-refractivity contribution >= 4 is 21.7 Å². The summed E-state index contributed by atoms with van der Waals surface area (Å²) in [6.45, 7) is 4.94. The van der Waals surface area contributed by atoms with Gasteiger partial charge in [0.25, 0.3) is 0 Å². The predicted octanol–water partition coefficient (Wildman–Crippen LogP) is 3.96. The third-order valence-corrected chi connectivity index (χ3v) is 9.64. The van der Waals surface area contributed by atoms with Crippen LogP contribution in [0.25, 0.3) is 0 Å². The van der Waals surface area contributed by atoms with E-state index in [0.29, 0.717) is 18.7 Å². The third-order valence-electron chi connectivity index (χ3n) is 7.71. The summed E-state index contributed by atoms with van der Waals surface area (Å²) in [6, 6.07) is 2.39. The summed E-state index contributed by atoms with van der Waals surface area (Å²) in [5.74, 6) is -2.51.